The van der Waals surface area contributed by atoms with Gasteiger partial charge < -0.3 is 18.0 Å². The van der Waals surface area contributed by atoms with Crippen molar-refractivity contribution >= 4 is 87.5 Å². The molecule has 0 aliphatic rings. The SMILES string of the molecule is N#Cc1c(-c2ccc3c(c2)oc2ccccc23)c(-n2c3ccccc3c3ccccc32)c(C#N)c(-c2ccc3c(c2)oc2ccccc23)c1-n1c2ccccc2c2ccccc21. The van der Waals surface area contributed by atoms with Crippen molar-refractivity contribution in [1.29, 1.82) is 10.5 Å². The molecule has 4 aromatic heterocycles. The molecule has 0 fully saturated rings. The van der Waals surface area contributed by atoms with E-state index in [1.165, 1.54) is 0 Å². The number of aromatic nitrogens is 2. The molecule has 0 aliphatic heterocycles. The van der Waals surface area contributed by atoms with Gasteiger partial charge in [0, 0.05) is 54.2 Å². The number of para-hydroxylation sites is 6. The van der Waals surface area contributed by atoms with Gasteiger partial charge >= 0.3 is 0 Å². The van der Waals surface area contributed by atoms with Crippen molar-refractivity contribution in [3.8, 4) is 45.8 Å². The molecular formula is C56H30N4O2. The van der Waals surface area contributed by atoms with Crippen LogP contribution in [0.1, 0.15) is 11.1 Å². The molecule has 0 saturated heterocycles. The van der Waals surface area contributed by atoms with E-state index in [0.29, 0.717) is 44.8 Å². The molecule has 13 rings (SSSR count). The summed E-state index contributed by atoms with van der Waals surface area (Å²) < 4.78 is 17.4. The van der Waals surface area contributed by atoms with Crippen molar-refractivity contribution < 1.29 is 8.83 Å². The molecule has 0 spiro atoms. The van der Waals surface area contributed by atoms with Gasteiger partial charge in [-0.2, -0.15) is 10.5 Å². The first kappa shape index (κ1) is 34.1. The van der Waals surface area contributed by atoms with Gasteiger partial charge in [-0.05, 0) is 71.8 Å². The van der Waals surface area contributed by atoms with E-state index in [1.54, 1.807) is 0 Å². The molecule has 0 N–H and O–H groups in total. The highest BCUT2D eigenvalue weighted by Crippen LogP contribution is 2.49. The number of fused-ring (bicyclic) bond motifs is 12. The second-order valence-corrected chi connectivity index (χ2v) is 15.8. The summed E-state index contributed by atoms with van der Waals surface area (Å²) in [7, 11) is 0. The Morgan fingerprint density at radius 2 is 0.629 bits per heavy atom. The van der Waals surface area contributed by atoms with Crippen LogP contribution >= 0.6 is 0 Å². The average Bonchev–Trinajstić information content (AvgIpc) is 4.08. The van der Waals surface area contributed by atoms with Crippen LogP contribution in [0.2, 0.25) is 0 Å². The monoisotopic (exact) mass is 790 g/mol. The normalized spacial score (nSPS) is 11.8. The molecule has 0 amide bonds. The van der Waals surface area contributed by atoms with E-state index in [9.17, 15) is 10.5 Å². The molecule has 13 aromatic rings. The van der Waals surface area contributed by atoms with Gasteiger partial charge in [-0.25, -0.2) is 0 Å². The molecule has 6 heteroatoms. The fraction of sp³-hybridized carbons (Fsp3) is 0. The summed E-state index contributed by atoms with van der Waals surface area (Å²) in [5.41, 5.74) is 11.4. The van der Waals surface area contributed by atoms with Gasteiger partial charge in [-0.1, -0.05) is 121 Å². The van der Waals surface area contributed by atoms with Gasteiger partial charge in [0.25, 0.3) is 0 Å². The predicted molar refractivity (Wildman–Crippen MR) is 250 cm³/mol. The Bertz CT molecular complexity index is 3770. The van der Waals surface area contributed by atoms with Crippen molar-refractivity contribution in [2.24, 2.45) is 0 Å². The zero-order valence-corrected chi connectivity index (χ0v) is 32.9. The minimum atomic E-state index is 0.419. The summed E-state index contributed by atoms with van der Waals surface area (Å²) in [5.74, 6) is 0. The summed E-state index contributed by atoms with van der Waals surface area (Å²) in [5, 5.41) is 32.1. The second kappa shape index (κ2) is 12.8. The van der Waals surface area contributed by atoms with Crippen LogP contribution in [-0.4, -0.2) is 9.13 Å². The number of hydrogen-bond acceptors (Lipinski definition) is 4. The zero-order chi connectivity index (χ0) is 41.1. The van der Waals surface area contributed by atoms with Crippen molar-refractivity contribution in [3.63, 3.8) is 0 Å². The van der Waals surface area contributed by atoms with Gasteiger partial charge in [-0.3, -0.25) is 0 Å². The maximum atomic E-state index is 12.0. The Morgan fingerprint density at radius 3 is 0.984 bits per heavy atom. The van der Waals surface area contributed by atoms with Crippen LogP contribution in [0.25, 0.3) is 121 Å². The van der Waals surface area contributed by atoms with E-state index >= 15 is 0 Å². The van der Waals surface area contributed by atoms with Gasteiger partial charge in [0.15, 0.2) is 0 Å². The molecule has 0 aliphatic carbocycles. The highest BCUT2D eigenvalue weighted by Gasteiger charge is 2.32. The lowest BCUT2D eigenvalue weighted by Gasteiger charge is -2.25. The fourth-order valence-electron chi connectivity index (χ4n) is 10.0. The number of hydrogen-bond donors (Lipinski definition) is 0. The molecule has 62 heavy (non-hydrogen) atoms. The molecule has 4 heterocycles. The summed E-state index contributed by atoms with van der Waals surface area (Å²) in [6.07, 6.45) is 0. The summed E-state index contributed by atoms with van der Waals surface area (Å²) >= 11 is 0. The third kappa shape index (κ3) is 4.61. The first-order valence-corrected chi connectivity index (χ1v) is 20.5. The van der Waals surface area contributed by atoms with Crippen LogP contribution in [0.4, 0.5) is 0 Å². The molecular weight excluding hydrogens is 761 g/mol. The topological polar surface area (TPSA) is 83.7 Å². The quantitative estimate of drug-likeness (QED) is 0.178. The van der Waals surface area contributed by atoms with Gasteiger partial charge in [-0.15, -0.1) is 0 Å². The number of rotatable bonds is 4. The van der Waals surface area contributed by atoms with Crippen molar-refractivity contribution in [1.82, 2.24) is 9.13 Å². The molecule has 0 atom stereocenters. The first-order valence-electron chi connectivity index (χ1n) is 20.5. The second-order valence-electron chi connectivity index (χ2n) is 15.8. The Labute approximate surface area is 353 Å². The average molecular weight is 791 g/mol. The largest absolute Gasteiger partial charge is 0.456 e. The maximum absolute atomic E-state index is 12.0. The molecule has 9 aromatic carbocycles. The van der Waals surface area contributed by atoms with Crippen LogP contribution in [0, 0.1) is 22.7 Å². The van der Waals surface area contributed by atoms with E-state index in [4.69, 9.17) is 8.83 Å². The van der Waals surface area contributed by atoms with E-state index in [2.05, 4.69) is 106 Å². The molecule has 0 unspecified atom stereocenters. The number of nitriles is 2. The number of nitrogens with zero attached hydrogens (tertiary/aromatic N) is 4. The lowest BCUT2D eigenvalue weighted by atomic mass is 9.86. The third-order valence-corrected chi connectivity index (χ3v) is 12.6. The highest BCUT2D eigenvalue weighted by molar-refractivity contribution is 6.15. The molecule has 0 saturated carbocycles. The molecule has 0 radical (unpaired) electrons. The number of furan rings is 2. The van der Waals surface area contributed by atoms with Crippen molar-refractivity contribution in [3.05, 3.63) is 193 Å². The maximum Gasteiger partial charge on any atom is 0.136 e. The van der Waals surface area contributed by atoms with Gasteiger partial charge in [0.2, 0.25) is 0 Å². The van der Waals surface area contributed by atoms with E-state index in [-0.39, 0.29) is 0 Å². The Balaban J connectivity index is 1.28. The summed E-state index contributed by atoms with van der Waals surface area (Å²) in [6.45, 7) is 0. The first-order chi connectivity index (χ1) is 30.7. The molecule has 0 bridgehead atoms. The lowest BCUT2D eigenvalue weighted by Crippen LogP contribution is -2.11. The van der Waals surface area contributed by atoms with Crippen LogP contribution in [-0.2, 0) is 0 Å². The smallest absolute Gasteiger partial charge is 0.136 e. The van der Waals surface area contributed by atoms with Crippen molar-refractivity contribution in [2.75, 3.05) is 0 Å². The predicted octanol–water partition coefficient (Wildman–Crippen LogP) is 14.8. The third-order valence-electron chi connectivity index (χ3n) is 12.6. The summed E-state index contributed by atoms with van der Waals surface area (Å²) in [6, 6.07) is 67.0. The Hall–Kier alpha value is -8.84. The fourth-order valence-corrected chi connectivity index (χ4v) is 10.0. The standard InChI is InChI=1S/C56H30N4O2/c57-31-43-54(34-26-28-42-40-18-6-12-24-50(40)62-52(42)30-34)56(60-47-21-9-3-15-37(47)38-16-4-10-22-48(38)60)44(32-58)53(33-25-27-41-39-17-5-11-23-49(39)61-51(41)29-33)55(43)59-45-19-7-1-13-35(45)36-14-2-8-20-46(36)59/h1-30H. The minimum absolute atomic E-state index is 0.419. The van der Waals surface area contributed by atoms with Gasteiger partial charge in [0.05, 0.1) is 44.6 Å². The summed E-state index contributed by atoms with van der Waals surface area (Å²) in [4.78, 5) is 0. The van der Waals surface area contributed by atoms with Crippen LogP contribution in [0.3, 0.4) is 0 Å². The van der Waals surface area contributed by atoms with Crippen molar-refractivity contribution in [2.45, 2.75) is 0 Å². The van der Waals surface area contributed by atoms with E-state index < -0.39 is 0 Å². The Kier molecular flexibility index (Phi) is 7.05. The van der Waals surface area contributed by atoms with E-state index in [0.717, 1.165) is 87.4 Å². The zero-order valence-electron chi connectivity index (χ0n) is 32.9. The van der Waals surface area contributed by atoms with E-state index in [1.807, 2.05) is 97.1 Å². The van der Waals surface area contributed by atoms with Crippen LogP contribution < -0.4 is 0 Å². The highest BCUT2D eigenvalue weighted by atomic mass is 16.3. The van der Waals surface area contributed by atoms with Crippen LogP contribution in [0.15, 0.2) is 191 Å². The molecule has 6 nitrogen and oxygen atoms in total. The van der Waals surface area contributed by atoms with Gasteiger partial charge in [0.1, 0.15) is 34.5 Å². The lowest BCUT2D eigenvalue weighted by molar-refractivity contribution is 0.668. The molecule has 286 valence electrons. The minimum Gasteiger partial charge on any atom is -0.456 e. The van der Waals surface area contributed by atoms with Crippen LogP contribution in [0.5, 0.6) is 0 Å². The Morgan fingerprint density at radius 1 is 0.323 bits per heavy atom. The number of benzene rings is 9.